The summed E-state index contributed by atoms with van der Waals surface area (Å²) in [4.78, 5) is 16.0. The lowest BCUT2D eigenvalue weighted by Crippen LogP contribution is -2.12. The maximum Gasteiger partial charge on any atom is 0.161 e. The molecule has 0 unspecified atom stereocenters. The van der Waals surface area contributed by atoms with Gasteiger partial charge in [0, 0.05) is 17.7 Å². The molecular weight excluding hydrogens is 200 g/mol. The second-order valence-electron chi connectivity index (χ2n) is 4.48. The number of hydrogen-bond donors (Lipinski definition) is 0. The monoisotopic (exact) mass is 214 g/mol. The molecular formula is C13H14N2O. The van der Waals surface area contributed by atoms with Crippen LogP contribution < -0.4 is 0 Å². The first-order valence-electron chi connectivity index (χ1n) is 5.74. The Labute approximate surface area is 94.1 Å². The van der Waals surface area contributed by atoms with Crippen LogP contribution in [0.25, 0.3) is 5.52 Å². The number of carbonyl (C=O) groups is 1. The molecule has 2 aromatic heterocycles. The molecule has 3 nitrogen and oxygen atoms in total. The zero-order chi connectivity index (χ0) is 11.1. The van der Waals surface area contributed by atoms with Gasteiger partial charge in [-0.25, -0.2) is 4.98 Å². The maximum atomic E-state index is 11.5. The van der Waals surface area contributed by atoms with Crippen LogP contribution in [0.2, 0.25) is 0 Å². The van der Waals surface area contributed by atoms with Crippen LogP contribution in [-0.4, -0.2) is 15.2 Å². The van der Waals surface area contributed by atoms with Crippen molar-refractivity contribution in [3.8, 4) is 0 Å². The number of pyridine rings is 1. The van der Waals surface area contributed by atoms with Crippen LogP contribution in [0.15, 0.2) is 24.5 Å². The highest BCUT2D eigenvalue weighted by Gasteiger charge is 2.24. The van der Waals surface area contributed by atoms with Gasteiger partial charge in [-0.05, 0) is 31.9 Å². The molecule has 0 atom stereocenters. The number of rotatable bonds is 2. The average Bonchev–Trinajstić information content (AvgIpc) is 2.59. The summed E-state index contributed by atoms with van der Waals surface area (Å²) in [5, 5.41) is 0. The molecule has 0 N–H and O–H groups in total. The molecule has 0 radical (unpaired) electrons. The van der Waals surface area contributed by atoms with Gasteiger partial charge in [0.25, 0.3) is 0 Å². The molecule has 1 aliphatic carbocycles. The molecule has 0 bridgehead atoms. The summed E-state index contributed by atoms with van der Waals surface area (Å²) < 4.78 is 2.07. The van der Waals surface area contributed by atoms with Crippen molar-refractivity contribution in [1.82, 2.24) is 9.38 Å². The first kappa shape index (κ1) is 9.58. The van der Waals surface area contributed by atoms with E-state index < -0.39 is 0 Å². The summed E-state index contributed by atoms with van der Waals surface area (Å²) in [5.74, 6) is 1.81. The van der Waals surface area contributed by atoms with Gasteiger partial charge < -0.3 is 4.40 Å². The van der Waals surface area contributed by atoms with Gasteiger partial charge in [0.05, 0.1) is 11.7 Å². The van der Waals surface area contributed by atoms with Gasteiger partial charge >= 0.3 is 0 Å². The highest BCUT2D eigenvalue weighted by atomic mass is 16.1. The van der Waals surface area contributed by atoms with Crippen molar-refractivity contribution in [2.45, 2.75) is 32.1 Å². The first-order chi connectivity index (χ1) is 7.77. The van der Waals surface area contributed by atoms with Gasteiger partial charge in [-0.1, -0.05) is 6.42 Å². The number of nitrogens with zero attached hydrogens (tertiary/aromatic N) is 2. The second kappa shape index (κ2) is 3.44. The third kappa shape index (κ3) is 1.28. The highest BCUT2D eigenvalue weighted by Crippen LogP contribution is 2.35. The van der Waals surface area contributed by atoms with Crippen LogP contribution in [0.4, 0.5) is 0 Å². The highest BCUT2D eigenvalue weighted by molar-refractivity contribution is 6.00. The zero-order valence-corrected chi connectivity index (χ0v) is 9.31. The predicted molar refractivity (Wildman–Crippen MR) is 61.8 cm³/mol. The van der Waals surface area contributed by atoms with Crippen LogP contribution >= 0.6 is 0 Å². The molecule has 0 saturated heterocycles. The van der Waals surface area contributed by atoms with Crippen LogP contribution in [0.1, 0.15) is 48.3 Å². The van der Waals surface area contributed by atoms with Crippen molar-refractivity contribution in [2.75, 3.05) is 0 Å². The Balaban J connectivity index is 2.19. The fraction of sp³-hybridized carbons (Fsp3) is 0.385. The minimum atomic E-state index is 0.102. The van der Waals surface area contributed by atoms with E-state index >= 15 is 0 Å². The minimum absolute atomic E-state index is 0.102. The van der Waals surface area contributed by atoms with E-state index in [-0.39, 0.29) is 5.78 Å². The molecule has 2 aromatic rings. The van der Waals surface area contributed by atoms with Gasteiger partial charge in [-0.15, -0.1) is 0 Å². The first-order valence-corrected chi connectivity index (χ1v) is 5.74. The van der Waals surface area contributed by atoms with Crippen LogP contribution in [-0.2, 0) is 0 Å². The summed E-state index contributed by atoms with van der Waals surface area (Å²) in [6, 6.07) is 3.79. The number of Topliss-reactive ketones (excluding diaryl/α,β-unsaturated/α-hetero) is 1. The van der Waals surface area contributed by atoms with Crippen molar-refractivity contribution in [3.05, 3.63) is 35.9 Å². The number of carbonyl (C=O) groups excluding carboxylic acids is 1. The lowest BCUT2D eigenvalue weighted by Gasteiger charge is -2.24. The van der Waals surface area contributed by atoms with Gasteiger partial charge in [-0.3, -0.25) is 4.79 Å². The Kier molecular flexibility index (Phi) is 2.06. The Morgan fingerprint density at radius 1 is 1.50 bits per heavy atom. The van der Waals surface area contributed by atoms with Crippen LogP contribution in [0.3, 0.4) is 0 Å². The van der Waals surface area contributed by atoms with Gasteiger partial charge in [0.2, 0.25) is 0 Å². The lowest BCUT2D eigenvalue weighted by atomic mass is 9.85. The predicted octanol–water partition coefficient (Wildman–Crippen LogP) is 2.80. The normalized spacial score (nSPS) is 16.3. The maximum absolute atomic E-state index is 11.5. The molecule has 0 amide bonds. The van der Waals surface area contributed by atoms with Gasteiger partial charge in [-0.2, -0.15) is 0 Å². The zero-order valence-electron chi connectivity index (χ0n) is 9.31. The van der Waals surface area contributed by atoms with E-state index in [4.69, 9.17) is 0 Å². The molecule has 0 spiro atoms. The Bertz CT molecular complexity index is 552. The third-order valence-corrected chi connectivity index (χ3v) is 3.45. The quantitative estimate of drug-likeness (QED) is 0.720. The van der Waals surface area contributed by atoms with Crippen molar-refractivity contribution >= 4 is 11.3 Å². The molecule has 1 saturated carbocycles. The number of aromatic nitrogens is 2. The number of ketones is 1. The van der Waals surface area contributed by atoms with E-state index in [0.717, 1.165) is 16.9 Å². The van der Waals surface area contributed by atoms with E-state index in [1.54, 1.807) is 6.92 Å². The second-order valence-corrected chi connectivity index (χ2v) is 4.48. The summed E-state index contributed by atoms with van der Waals surface area (Å²) >= 11 is 0. The van der Waals surface area contributed by atoms with Crippen molar-refractivity contribution in [2.24, 2.45) is 0 Å². The Morgan fingerprint density at radius 3 is 2.94 bits per heavy atom. The van der Waals surface area contributed by atoms with E-state index in [0.29, 0.717) is 5.92 Å². The SMILES string of the molecule is CC(=O)c1cccn2c(C3CCC3)ncc12. The number of imidazole rings is 1. The van der Waals surface area contributed by atoms with Crippen LogP contribution in [0, 0.1) is 0 Å². The molecule has 1 fully saturated rings. The standard InChI is InChI=1S/C13H14N2O/c1-9(16)11-6-3-7-15-12(11)8-14-13(15)10-4-2-5-10/h3,6-8,10H,2,4-5H2,1H3. The van der Waals surface area contributed by atoms with E-state index in [1.807, 2.05) is 24.5 Å². The molecule has 3 rings (SSSR count). The van der Waals surface area contributed by atoms with Gasteiger partial charge in [0.1, 0.15) is 5.82 Å². The smallest absolute Gasteiger partial charge is 0.161 e. The van der Waals surface area contributed by atoms with E-state index in [1.165, 1.54) is 19.3 Å². The minimum Gasteiger partial charge on any atom is -0.303 e. The number of hydrogen-bond acceptors (Lipinski definition) is 2. The molecule has 3 heteroatoms. The molecule has 82 valence electrons. The molecule has 2 heterocycles. The fourth-order valence-electron chi connectivity index (χ4n) is 2.31. The molecule has 0 aromatic carbocycles. The summed E-state index contributed by atoms with van der Waals surface area (Å²) in [5.41, 5.74) is 1.71. The Morgan fingerprint density at radius 2 is 2.31 bits per heavy atom. The van der Waals surface area contributed by atoms with E-state index in [9.17, 15) is 4.79 Å². The van der Waals surface area contributed by atoms with Crippen molar-refractivity contribution in [3.63, 3.8) is 0 Å². The summed E-state index contributed by atoms with van der Waals surface area (Å²) in [6.45, 7) is 1.60. The summed E-state index contributed by atoms with van der Waals surface area (Å²) in [7, 11) is 0. The molecule has 1 aliphatic rings. The third-order valence-electron chi connectivity index (χ3n) is 3.45. The topological polar surface area (TPSA) is 34.4 Å². The van der Waals surface area contributed by atoms with Crippen molar-refractivity contribution < 1.29 is 4.79 Å². The fourth-order valence-corrected chi connectivity index (χ4v) is 2.31. The summed E-state index contributed by atoms with van der Waals surface area (Å²) in [6.07, 6.45) is 7.58. The van der Waals surface area contributed by atoms with E-state index in [2.05, 4.69) is 9.38 Å². The molecule has 0 aliphatic heterocycles. The lowest BCUT2D eigenvalue weighted by molar-refractivity contribution is 0.101. The largest absolute Gasteiger partial charge is 0.303 e. The van der Waals surface area contributed by atoms with Gasteiger partial charge in [0.15, 0.2) is 5.78 Å². The Hall–Kier alpha value is -1.64. The van der Waals surface area contributed by atoms with Crippen molar-refractivity contribution in [1.29, 1.82) is 0 Å². The average molecular weight is 214 g/mol. The number of fused-ring (bicyclic) bond motifs is 1. The molecule has 16 heavy (non-hydrogen) atoms. The van der Waals surface area contributed by atoms with Crippen LogP contribution in [0.5, 0.6) is 0 Å².